The van der Waals surface area contributed by atoms with Gasteiger partial charge in [-0.2, -0.15) is 0 Å². The number of aliphatic carboxylic acids is 2. The molecule has 0 aromatic rings. The van der Waals surface area contributed by atoms with Crippen molar-refractivity contribution in [2.75, 3.05) is 0 Å². The minimum absolute atomic E-state index is 0.332. The van der Waals surface area contributed by atoms with E-state index in [1.54, 1.807) is 0 Å². The molecule has 0 spiro atoms. The highest BCUT2D eigenvalue weighted by Crippen LogP contribution is 2.09. The van der Waals surface area contributed by atoms with Gasteiger partial charge < -0.3 is 15.3 Å². The average Bonchev–Trinajstić information content (AvgIpc) is 2.58. The van der Waals surface area contributed by atoms with Crippen LogP contribution in [0, 0.1) is 0 Å². The number of hydrogen-bond donors (Lipinski definition) is 3. The van der Waals surface area contributed by atoms with Gasteiger partial charge in [0.2, 0.25) is 0 Å². The second-order valence-electron chi connectivity index (χ2n) is 6.74. The molecule has 0 saturated carbocycles. The first-order valence-electron chi connectivity index (χ1n) is 10.2. The molecule has 0 amide bonds. The number of carboxylic acid groups (broad SMARTS) is 2. The molecular weight excluding hydrogens is 332 g/mol. The number of hydrogen-bond acceptors (Lipinski definition) is 3. The maximum atomic E-state index is 10.3. The van der Waals surface area contributed by atoms with Crippen LogP contribution in [0.4, 0.5) is 0 Å². The quantitative estimate of drug-likeness (QED) is 0.243. The van der Waals surface area contributed by atoms with Crippen LogP contribution in [-0.2, 0) is 9.59 Å². The van der Waals surface area contributed by atoms with E-state index in [4.69, 9.17) is 15.3 Å². The lowest BCUT2D eigenvalue weighted by molar-refractivity contribution is -0.145. The third kappa shape index (κ3) is 27.5. The first kappa shape index (κ1) is 26.9. The standard InChI is InChI=1S/C18H34O2.C3H6O3/c1-2-3-4-5-6-7-8-9-10-11-12-13-14-15-16-17-18(19)20;1-2(4)3(5)6/h9-10H,2-8,11-17H2,1H3,(H,19,20);2,4H,1H3,(H,5,6)/b10-9-;. The number of carbonyl (C=O) groups is 2. The third-order valence-electron chi connectivity index (χ3n) is 4.01. The number of carboxylic acids is 2. The zero-order valence-corrected chi connectivity index (χ0v) is 16.8. The molecule has 0 saturated heterocycles. The van der Waals surface area contributed by atoms with E-state index in [1.807, 2.05) is 0 Å². The molecule has 0 aliphatic rings. The van der Waals surface area contributed by atoms with Gasteiger partial charge in [-0.25, -0.2) is 4.79 Å². The molecular formula is C21H40O5. The van der Waals surface area contributed by atoms with Crippen LogP contribution in [0.25, 0.3) is 0 Å². The summed E-state index contributed by atoms with van der Waals surface area (Å²) in [6.07, 6.45) is 20.0. The molecule has 5 heteroatoms. The van der Waals surface area contributed by atoms with Crippen molar-refractivity contribution in [2.45, 2.75) is 110 Å². The maximum Gasteiger partial charge on any atom is 0.332 e. The Hall–Kier alpha value is -1.36. The summed E-state index contributed by atoms with van der Waals surface area (Å²) >= 11 is 0. The van der Waals surface area contributed by atoms with Crippen molar-refractivity contribution in [2.24, 2.45) is 0 Å². The Kier molecular flexibility index (Phi) is 22.4. The Morgan fingerprint density at radius 1 is 0.769 bits per heavy atom. The lowest BCUT2D eigenvalue weighted by Gasteiger charge is -1.99. The topological polar surface area (TPSA) is 94.8 Å². The molecule has 0 bridgehead atoms. The Balaban J connectivity index is 0. The average molecular weight is 373 g/mol. The van der Waals surface area contributed by atoms with Crippen molar-refractivity contribution in [3.63, 3.8) is 0 Å². The van der Waals surface area contributed by atoms with Crippen LogP contribution in [0.3, 0.4) is 0 Å². The van der Waals surface area contributed by atoms with E-state index in [0.717, 1.165) is 12.8 Å². The van der Waals surface area contributed by atoms with Gasteiger partial charge in [0.1, 0.15) is 6.10 Å². The third-order valence-corrected chi connectivity index (χ3v) is 4.01. The van der Waals surface area contributed by atoms with Gasteiger partial charge in [0.05, 0.1) is 0 Å². The van der Waals surface area contributed by atoms with Gasteiger partial charge in [0.25, 0.3) is 0 Å². The zero-order chi connectivity index (χ0) is 20.0. The van der Waals surface area contributed by atoms with E-state index in [1.165, 1.54) is 77.6 Å². The number of allylic oxidation sites excluding steroid dienone is 2. The first-order valence-corrected chi connectivity index (χ1v) is 10.2. The first-order chi connectivity index (χ1) is 12.4. The van der Waals surface area contributed by atoms with Crippen LogP contribution < -0.4 is 0 Å². The van der Waals surface area contributed by atoms with Crippen LogP contribution in [0.15, 0.2) is 12.2 Å². The number of aliphatic hydroxyl groups excluding tert-OH is 1. The second kappa shape index (κ2) is 21.7. The zero-order valence-electron chi connectivity index (χ0n) is 16.8. The monoisotopic (exact) mass is 372 g/mol. The van der Waals surface area contributed by atoms with E-state index in [-0.39, 0.29) is 0 Å². The molecule has 3 N–H and O–H groups in total. The smallest absolute Gasteiger partial charge is 0.332 e. The van der Waals surface area contributed by atoms with Crippen LogP contribution in [0.1, 0.15) is 104 Å². The second-order valence-corrected chi connectivity index (χ2v) is 6.74. The number of unbranched alkanes of at least 4 members (excludes halogenated alkanes) is 11. The molecule has 26 heavy (non-hydrogen) atoms. The van der Waals surface area contributed by atoms with Crippen LogP contribution in [0.5, 0.6) is 0 Å². The highest BCUT2D eigenvalue weighted by Gasteiger charge is 2.01. The minimum atomic E-state index is -1.23. The number of aliphatic hydroxyl groups is 1. The van der Waals surface area contributed by atoms with Crippen molar-refractivity contribution in [1.29, 1.82) is 0 Å². The minimum Gasteiger partial charge on any atom is -0.481 e. The summed E-state index contributed by atoms with van der Waals surface area (Å²) in [5.74, 6) is -1.85. The SMILES string of the molecule is CC(O)C(=O)O.CCCCCCCC/C=C\CCCCCCCC(=O)O. The summed E-state index contributed by atoms with van der Waals surface area (Å²) in [6.45, 7) is 3.46. The largest absolute Gasteiger partial charge is 0.481 e. The van der Waals surface area contributed by atoms with Gasteiger partial charge in [-0.05, 0) is 39.0 Å². The van der Waals surface area contributed by atoms with Gasteiger partial charge in [-0.1, -0.05) is 70.4 Å². The highest BCUT2D eigenvalue weighted by molar-refractivity contribution is 5.71. The molecule has 0 aliphatic heterocycles. The van der Waals surface area contributed by atoms with Crippen LogP contribution in [-0.4, -0.2) is 33.4 Å². The summed E-state index contributed by atoms with van der Waals surface area (Å²) in [7, 11) is 0. The molecule has 154 valence electrons. The van der Waals surface area contributed by atoms with Gasteiger partial charge in [-0.3, -0.25) is 4.79 Å². The van der Waals surface area contributed by atoms with Gasteiger partial charge in [-0.15, -0.1) is 0 Å². The molecule has 1 unspecified atom stereocenters. The Morgan fingerprint density at radius 2 is 1.15 bits per heavy atom. The molecule has 0 aromatic carbocycles. The summed E-state index contributed by atoms with van der Waals surface area (Å²) in [5, 5.41) is 24.3. The Morgan fingerprint density at radius 3 is 1.54 bits per heavy atom. The Labute approximate surface area is 159 Å². The van der Waals surface area contributed by atoms with Crippen LogP contribution in [0.2, 0.25) is 0 Å². The van der Waals surface area contributed by atoms with Gasteiger partial charge in [0.15, 0.2) is 0 Å². The summed E-state index contributed by atoms with van der Waals surface area (Å²) < 4.78 is 0. The van der Waals surface area contributed by atoms with Crippen LogP contribution >= 0.6 is 0 Å². The molecule has 0 fully saturated rings. The van der Waals surface area contributed by atoms with Crippen molar-refractivity contribution in [3.8, 4) is 0 Å². The Bertz CT molecular complexity index is 350. The molecule has 0 aliphatic carbocycles. The fourth-order valence-electron chi connectivity index (χ4n) is 2.35. The normalized spacial score (nSPS) is 11.8. The predicted molar refractivity (Wildman–Crippen MR) is 106 cm³/mol. The fourth-order valence-corrected chi connectivity index (χ4v) is 2.35. The molecule has 0 heterocycles. The van der Waals surface area contributed by atoms with Crippen molar-refractivity contribution in [1.82, 2.24) is 0 Å². The maximum absolute atomic E-state index is 10.3. The van der Waals surface area contributed by atoms with E-state index in [9.17, 15) is 9.59 Å². The lowest BCUT2D eigenvalue weighted by Crippen LogP contribution is -2.13. The molecule has 5 nitrogen and oxygen atoms in total. The molecule has 0 aromatic heterocycles. The van der Waals surface area contributed by atoms with E-state index in [0.29, 0.717) is 6.42 Å². The lowest BCUT2D eigenvalue weighted by atomic mass is 10.1. The highest BCUT2D eigenvalue weighted by atomic mass is 16.4. The fraction of sp³-hybridized carbons (Fsp3) is 0.810. The van der Waals surface area contributed by atoms with Crippen molar-refractivity contribution < 1.29 is 24.9 Å². The molecule has 0 rings (SSSR count). The van der Waals surface area contributed by atoms with E-state index < -0.39 is 18.0 Å². The number of rotatable bonds is 16. The van der Waals surface area contributed by atoms with Gasteiger partial charge >= 0.3 is 11.9 Å². The summed E-state index contributed by atoms with van der Waals surface area (Å²) in [4.78, 5) is 19.8. The predicted octanol–water partition coefficient (Wildman–Crippen LogP) is 5.56. The summed E-state index contributed by atoms with van der Waals surface area (Å²) in [5.41, 5.74) is 0. The van der Waals surface area contributed by atoms with E-state index in [2.05, 4.69) is 19.1 Å². The van der Waals surface area contributed by atoms with Crippen molar-refractivity contribution in [3.05, 3.63) is 12.2 Å². The van der Waals surface area contributed by atoms with Gasteiger partial charge in [0, 0.05) is 6.42 Å². The summed E-state index contributed by atoms with van der Waals surface area (Å²) in [6, 6.07) is 0. The van der Waals surface area contributed by atoms with E-state index >= 15 is 0 Å². The van der Waals surface area contributed by atoms with Crippen molar-refractivity contribution >= 4 is 11.9 Å². The molecule has 1 atom stereocenters. The molecule has 0 radical (unpaired) electrons.